The molecule has 0 saturated carbocycles. The number of halogens is 1. The number of aliphatic imine (C=N–C) groups is 1. The summed E-state index contributed by atoms with van der Waals surface area (Å²) in [5.74, 6) is -0.210. The molecule has 1 aliphatic heterocycles. The minimum Gasteiger partial charge on any atom is -0.371 e. The fourth-order valence-corrected chi connectivity index (χ4v) is 4.97. The number of nitriles is 1. The van der Waals surface area contributed by atoms with Crippen molar-refractivity contribution in [1.29, 1.82) is 5.26 Å². The van der Waals surface area contributed by atoms with Crippen molar-refractivity contribution in [2.75, 3.05) is 19.6 Å². The van der Waals surface area contributed by atoms with Gasteiger partial charge in [-0.15, -0.1) is 0 Å². The normalized spacial score (nSPS) is 17.1. The molecule has 1 heterocycles. The number of hydrogen-bond donors (Lipinski definition) is 1. The van der Waals surface area contributed by atoms with Crippen LogP contribution < -0.4 is 5.32 Å². The van der Waals surface area contributed by atoms with Crippen molar-refractivity contribution in [2.45, 2.75) is 100.0 Å². The molecule has 1 aliphatic rings. The van der Waals surface area contributed by atoms with E-state index in [2.05, 4.69) is 75.8 Å². The summed E-state index contributed by atoms with van der Waals surface area (Å²) in [4.78, 5) is 7.05. The first-order valence-electron chi connectivity index (χ1n) is 15.8. The molecule has 5 heteroatoms. The van der Waals surface area contributed by atoms with Gasteiger partial charge in [-0.25, -0.2) is 4.39 Å². The van der Waals surface area contributed by atoms with E-state index in [-0.39, 0.29) is 11.4 Å². The Morgan fingerprint density at radius 3 is 2.42 bits per heavy atom. The predicted octanol–water partition coefficient (Wildman–Crippen LogP) is 10.1. The predicted molar refractivity (Wildman–Crippen MR) is 185 cm³/mol. The number of piperazine rings is 1. The molecule has 0 bridgehead atoms. The molecule has 4 nitrogen and oxygen atoms in total. The lowest BCUT2D eigenvalue weighted by Gasteiger charge is -2.41. The number of nitrogens with one attached hydrogen (secondary N) is 1. The van der Waals surface area contributed by atoms with Crippen molar-refractivity contribution in [3.05, 3.63) is 101 Å². The maximum Gasteiger partial charge on any atom is 0.131 e. The molecular formula is C38H55FN4. The maximum atomic E-state index is 14.6. The van der Waals surface area contributed by atoms with Gasteiger partial charge in [-0.2, -0.15) is 5.26 Å². The first kappa shape index (κ1) is 37.5. The molecule has 1 aromatic rings. The van der Waals surface area contributed by atoms with Crippen LogP contribution in [0.2, 0.25) is 0 Å². The Bertz CT molecular complexity index is 1260. The summed E-state index contributed by atoms with van der Waals surface area (Å²) >= 11 is 0. The van der Waals surface area contributed by atoms with Crippen LogP contribution in [0.1, 0.15) is 100.0 Å². The van der Waals surface area contributed by atoms with Crippen molar-refractivity contribution in [3.8, 4) is 6.07 Å². The lowest BCUT2D eigenvalue weighted by atomic mass is 9.91. The molecule has 0 aliphatic carbocycles. The second-order valence-corrected chi connectivity index (χ2v) is 11.6. The fraction of sp³-hybridized carbons (Fsp3) is 0.474. The van der Waals surface area contributed by atoms with Gasteiger partial charge in [0.05, 0.1) is 11.6 Å². The van der Waals surface area contributed by atoms with Crippen molar-refractivity contribution >= 4 is 11.3 Å². The van der Waals surface area contributed by atoms with Gasteiger partial charge < -0.3 is 10.2 Å². The van der Waals surface area contributed by atoms with E-state index < -0.39 is 0 Å². The standard InChI is InChI=1S/C24H34FN3.C14H21N/c1-7-9-14-26-18(3)23(19(4)28-16-15-27-24(5,6)17-28)20(8-2)21-12-10-11-13-22(21)25;1-4-6-7-8-10-14(12-15)11-13(3)9-5-2/h8-14,27H,7,15-17H2,1-6H3;7-8,10-11H,4-6,9H2,1-3H3/b14-9+,20-8-,23-19-,26-18+;8-7-,13-11+,14-10+. The van der Waals surface area contributed by atoms with Crippen molar-refractivity contribution < 1.29 is 4.39 Å². The molecule has 0 amide bonds. The van der Waals surface area contributed by atoms with Gasteiger partial charge in [-0.1, -0.05) is 81.7 Å². The maximum absolute atomic E-state index is 14.6. The SMILES string of the molecule is CCC\C=C/C=C(C#N)\C=C(/C)CCC.C\C=C(C(/C(C)=N/C=C/CC)=C(/C)N1CCNC(C)(C)C1)\c1ccccc1F. The Labute approximate surface area is 262 Å². The van der Waals surface area contributed by atoms with Crippen LogP contribution in [0.15, 0.2) is 94.3 Å². The Kier molecular flexibility index (Phi) is 17.8. The number of benzene rings is 1. The summed E-state index contributed by atoms with van der Waals surface area (Å²) in [6.45, 7) is 21.7. The van der Waals surface area contributed by atoms with Crippen LogP contribution in [-0.4, -0.2) is 35.8 Å². The van der Waals surface area contributed by atoms with E-state index in [9.17, 15) is 4.39 Å². The number of allylic oxidation sites excluding steroid dienone is 11. The average molecular weight is 587 g/mol. The van der Waals surface area contributed by atoms with E-state index in [1.54, 1.807) is 6.07 Å². The summed E-state index contributed by atoms with van der Waals surface area (Å²) in [6, 6.07) is 9.17. The van der Waals surface area contributed by atoms with Gasteiger partial charge in [0.1, 0.15) is 5.82 Å². The number of rotatable bonds is 12. The lowest BCUT2D eigenvalue weighted by Crippen LogP contribution is -2.56. The van der Waals surface area contributed by atoms with Gasteiger partial charge in [0.15, 0.2) is 0 Å². The summed E-state index contributed by atoms with van der Waals surface area (Å²) in [5.41, 5.74) is 6.59. The molecule has 0 atom stereocenters. The van der Waals surface area contributed by atoms with Crippen LogP contribution in [0, 0.1) is 17.1 Å². The van der Waals surface area contributed by atoms with E-state index in [1.807, 2.05) is 62.6 Å². The number of hydrogen-bond acceptors (Lipinski definition) is 4. The number of nitrogens with zero attached hydrogens (tertiary/aromatic N) is 3. The molecule has 0 radical (unpaired) electrons. The quantitative estimate of drug-likeness (QED) is 0.151. The monoisotopic (exact) mass is 586 g/mol. The fourth-order valence-electron chi connectivity index (χ4n) is 4.97. The van der Waals surface area contributed by atoms with Gasteiger partial charge in [0, 0.05) is 53.9 Å². The highest BCUT2D eigenvalue weighted by Crippen LogP contribution is 2.31. The Morgan fingerprint density at radius 1 is 1.12 bits per heavy atom. The van der Waals surface area contributed by atoms with Crippen LogP contribution in [0.25, 0.3) is 5.57 Å². The third-order valence-corrected chi connectivity index (χ3v) is 7.14. The van der Waals surface area contributed by atoms with E-state index in [0.717, 1.165) is 79.9 Å². The van der Waals surface area contributed by atoms with Crippen LogP contribution >= 0.6 is 0 Å². The summed E-state index contributed by atoms with van der Waals surface area (Å²) in [5, 5.41) is 12.5. The van der Waals surface area contributed by atoms with Gasteiger partial charge >= 0.3 is 0 Å². The summed E-state index contributed by atoms with van der Waals surface area (Å²) in [6.07, 6.45) is 19.2. The molecule has 43 heavy (non-hydrogen) atoms. The molecule has 234 valence electrons. The van der Waals surface area contributed by atoms with E-state index in [1.165, 1.54) is 11.6 Å². The lowest BCUT2D eigenvalue weighted by molar-refractivity contribution is 0.191. The van der Waals surface area contributed by atoms with Crippen LogP contribution in [-0.2, 0) is 0 Å². The highest BCUT2D eigenvalue weighted by atomic mass is 19.1. The summed E-state index contributed by atoms with van der Waals surface area (Å²) < 4.78 is 14.6. The molecular weight excluding hydrogens is 531 g/mol. The minimum atomic E-state index is -0.210. The van der Waals surface area contributed by atoms with E-state index in [4.69, 9.17) is 5.26 Å². The first-order chi connectivity index (χ1) is 20.5. The minimum absolute atomic E-state index is 0.0336. The molecule has 1 fully saturated rings. The smallest absolute Gasteiger partial charge is 0.131 e. The van der Waals surface area contributed by atoms with Crippen LogP contribution in [0.4, 0.5) is 4.39 Å². The topological polar surface area (TPSA) is 51.4 Å². The van der Waals surface area contributed by atoms with Crippen molar-refractivity contribution in [3.63, 3.8) is 0 Å². The Balaban J connectivity index is 0.000000523. The zero-order chi connectivity index (χ0) is 32.3. The van der Waals surface area contributed by atoms with Gasteiger partial charge in [-0.05, 0) is 84.6 Å². The van der Waals surface area contributed by atoms with Crippen molar-refractivity contribution in [1.82, 2.24) is 10.2 Å². The zero-order valence-corrected chi connectivity index (χ0v) is 28.2. The third kappa shape index (κ3) is 13.6. The van der Waals surface area contributed by atoms with Crippen LogP contribution in [0.3, 0.4) is 0 Å². The van der Waals surface area contributed by atoms with E-state index in [0.29, 0.717) is 5.56 Å². The zero-order valence-electron chi connectivity index (χ0n) is 28.2. The van der Waals surface area contributed by atoms with E-state index >= 15 is 0 Å². The molecule has 0 spiro atoms. The third-order valence-electron chi connectivity index (χ3n) is 7.14. The summed E-state index contributed by atoms with van der Waals surface area (Å²) in [7, 11) is 0. The molecule has 2 rings (SSSR count). The van der Waals surface area contributed by atoms with Gasteiger partial charge in [0.2, 0.25) is 0 Å². The molecule has 1 aromatic carbocycles. The average Bonchev–Trinajstić information content (AvgIpc) is 2.97. The Hall–Kier alpha value is -3.49. The highest BCUT2D eigenvalue weighted by molar-refractivity contribution is 6.12. The largest absolute Gasteiger partial charge is 0.371 e. The van der Waals surface area contributed by atoms with Gasteiger partial charge in [-0.3, -0.25) is 4.99 Å². The molecule has 1 N–H and O–H groups in total. The number of unbranched alkanes of at least 4 members (excludes halogenated alkanes) is 1. The molecule has 0 aromatic heterocycles. The van der Waals surface area contributed by atoms with Crippen LogP contribution in [0.5, 0.6) is 0 Å². The molecule has 1 saturated heterocycles. The first-order valence-corrected chi connectivity index (χ1v) is 15.8. The van der Waals surface area contributed by atoms with Crippen molar-refractivity contribution in [2.24, 2.45) is 4.99 Å². The molecule has 0 unspecified atom stereocenters. The highest BCUT2D eigenvalue weighted by Gasteiger charge is 2.28. The second-order valence-electron chi connectivity index (χ2n) is 11.6. The van der Waals surface area contributed by atoms with Gasteiger partial charge in [0.25, 0.3) is 0 Å². The second kappa shape index (κ2) is 20.4. The Morgan fingerprint density at radius 2 is 1.84 bits per heavy atom.